The van der Waals surface area contributed by atoms with E-state index < -0.39 is 34.6 Å². The number of halogens is 5. The van der Waals surface area contributed by atoms with E-state index in [1.807, 2.05) is 0 Å². The first-order valence-corrected chi connectivity index (χ1v) is 11.2. The molecule has 168 valence electrons. The molecule has 0 atom stereocenters. The van der Waals surface area contributed by atoms with Crippen LogP contribution in [0.4, 0.5) is 22.0 Å². The fraction of sp³-hybridized carbons (Fsp3) is 0.739. The molecule has 29 heavy (non-hydrogen) atoms. The van der Waals surface area contributed by atoms with Gasteiger partial charge in [-0.1, -0.05) is 83.5 Å². The van der Waals surface area contributed by atoms with Crippen LogP contribution in [0, 0.1) is 29.1 Å². The minimum atomic E-state index is -2.09. The molecule has 0 unspecified atom stereocenters. The monoisotopic (exact) mass is 421 g/mol. The zero-order chi connectivity index (χ0) is 21.5. The van der Waals surface area contributed by atoms with Gasteiger partial charge >= 0.3 is 0 Å². The number of nitrogens with two attached hydrogens (primary N) is 1. The second-order valence-corrected chi connectivity index (χ2v) is 7.89. The molecule has 1 nitrogen and oxygen atoms in total. The Bertz CT molecular complexity index is 548. The van der Waals surface area contributed by atoms with Crippen LogP contribution >= 0.6 is 0 Å². The summed E-state index contributed by atoms with van der Waals surface area (Å²) in [6, 6.07) is 0. The SMILES string of the molecule is NCCCCCCCCCCCCCCCCCc1c(F)c(F)c(F)c(F)c1F. The molecule has 0 radical (unpaired) electrons. The van der Waals surface area contributed by atoms with Crippen LogP contribution in [0.25, 0.3) is 0 Å². The van der Waals surface area contributed by atoms with E-state index >= 15 is 0 Å². The lowest BCUT2D eigenvalue weighted by Gasteiger charge is -2.08. The second kappa shape index (κ2) is 15.6. The summed E-state index contributed by atoms with van der Waals surface area (Å²) in [7, 11) is 0. The Balaban J connectivity index is 1.98. The number of rotatable bonds is 17. The first-order chi connectivity index (χ1) is 14.0. The Kier molecular flexibility index (Phi) is 14.0. The van der Waals surface area contributed by atoms with Crippen molar-refractivity contribution < 1.29 is 22.0 Å². The maximum Gasteiger partial charge on any atom is 0.200 e. The Morgan fingerprint density at radius 2 is 0.655 bits per heavy atom. The van der Waals surface area contributed by atoms with E-state index in [9.17, 15) is 22.0 Å². The molecule has 1 aromatic carbocycles. The Morgan fingerprint density at radius 3 is 1.00 bits per heavy atom. The highest BCUT2D eigenvalue weighted by molar-refractivity contribution is 5.24. The highest BCUT2D eigenvalue weighted by atomic mass is 19.2. The van der Waals surface area contributed by atoms with Crippen molar-refractivity contribution >= 4 is 0 Å². The predicted octanol–water partition coefficient (Wildman–Crippen LogP) is 7.73. The minimum Gasteiger partial charge on any atom is -0.330 e. The molecule has 0 aromatic heterocycles. The van der Waals surface area contributed by atoms with Crippen LogP contribution in [-0.2, 0) is 6.42 Å². The summed E-state index contributed by atoms with van der Waals surface area (Å²) in [4.78, 5) is 0. The van der Waals surface area contributed by atoms with Gasteiger partial charge in [0.1, 0.15) is 0 Å². The van der Waals surface area contributed by atoms with E-state index in [0.29, 0.717) is 6.42 Å². The molecule has 2 N–H and O–H groups in total. The molecular formula is C23H36F5N. The quantitative estimate of drug-likeness (QED) is 0.118. The summed E-state index contributed by atoms with van der Waals surface area (Å²) in [5.74, 6) is -9.20. The Hall–Kier alpha value is -1.17. The van der Waals surface area contributed by atoms with Crippen molar-refractivity contribution in [1.82, 2.24) is 0 Å². The molecular weight excluding hydrogens is 385 g/mol. The molecule has 6 heteroatoms. The van der Waals surface area contributed by atoms with Gasteiger partial charge in [-0.25, -0.2) is 22.0 Å². The third-order valence-corrected chi connectivity index (χ3v) is 5.43. The second-order valence-electron chi connectivity index (χ2n) is 7.89. The third-order valence-electron chi connectivity index (χ3n) is 5.43. The molecule has 0 aliphatic rings. The maximum atomic E-state index is 13.6. The van der Waals surface area contributed by atoms with Crippen LogP contribution in [-0.4, -0.2) is 6.54 Å². The standard InChI is InChI=1S/C23H36F5N/c24-19-18(20(25)22(27)23(28)21(19)26)16-14-12-10-8-6-4-2-1-3-5-7-9-11-13-15-17-29/h1-17,29H2. The number of hydrogen-bond donors (Lipinski definition) is 1. The average molecular weight is 422 g/mol. The molecule has 0 bridgehead atoms. The van der Waals surface area contributed by atoms with Gasteiger partial charge in [0.05, 0.1) is 0 Å². The van der Waals surface area contributed by atoms with E-state index in [1.165, 1.54) is 57.8 Å². The van der Waals surface area contributed by atoms with E-state index in [0.717, 1.165) is 38.6 Å². The summed E-state index contributed by atoms with van der Waals surface area (Å²) in [6.07, 6.45) is 16.7. The van der Waals surface area contributed by atoms with Gasteiger partial charge in [-0.05, 0) is 25.8 Å². The van der Waals surface area contributed by atoms with Gasteiger partial charge in [-0.3, -0.25) is 0 Å². The topological polar surface area (TPSA) is 26.0 Å². The minimum absolute atomic E-state index is 0.127. The van der Waals surface area contributed by atoms with Crippen molar-refractivity contribution in [3.8, 4) is 0 Å². The van der Waals surface area contributed by atoms with Gasteiger partial charge in [0.15, 0.2) is 23.3 Å². The Labute approximate surface area is 172 Å². The number of benzene rings is 1. The maximum absolute atomic E-state index is 13.6. The van der Waals surface area contributed by atoms with E-state index in [4.69, 9.17) is 5.73 Å². The number of hydrogen-bond acceptors (Lipinski definition) is 1. The van der Waals surface area contributed by atoms with E-state index in [-0.39, 0.29) is 6.42 Å². The van der Waals surface area contributed by atoms with Crippen LogP contribution in [0.3, 0.4) is 0 Å². The highest BCUT2D eigenvalue weighted by Crippen LogP contribution is 2.24. The van der Waals surface area contributed by atoms with Gasteiger partial charge in [0, 0.05) is 5.56 Å². The lowest BCUT2D eigenvalue weighted by Crippen LogP contribution is -2.07. The van der Waals surface area contributed by atoms with Gasteiger partial charge in [0.2, 0.25) is 5.82 Å². The summed E-state index contributed by atoms with van der Waals surface area (Å²) in [5.41, 5.74) is 4.77. The molecule has 0 aliphatic carbocycles. The van der Waals surface area contributed by atoms with Crippen LogP contribution in [0.15, 0.2) is 0 Å². The van der Waals surface area contributed by atoms with Crippen molar-refractivity contribution in [3.05, 3.63) is 34.6 Å². The smallest absolute Gasteiger partial charge is 0.200 e. The first kappa shape index (κ1) is 25.9. The zero-order valence-corrected chi connectivity index (χ0v) is 17.5. The van der Waals surface area contributed by atoms with Crippen LogP contribution in [0.1, 0.15) is 102 Å². The molecule has 0 amide bonds. The summed E-state index contributed by atoms with van der Waals surface area (Å²) in [5, 5.41) is 0. The van der Waals surface area contributed by atoms with Gasteiger partial charge in [0.25, 0.3) is 0 Å². The first-order valence-electron chi connectivity index (χ1n) is 11.2. The van der Waals surface area contributed by atoms with Gasteiger partial charge < -0.3 is 5.73 Å². The number of unbranched alkanes of at least 4 members (excludes halogenated alkanes) is 14. The summed E-state index contributed by atoms with van der Waals surface area (Å²) >= 11 is 0. The molecule has 0 heterocycles. The predicted molar refractivity (Wildman–Crippen MR) is 108 cm³/mol. The van der Waals surface area contributed by atoms with Crippen molar-refractivity contribution in [3.63, 3.8) is 0 Å². The van der Waals surface area contributed by atoms with Crippen LogP contribution in [0.2, 0.25) is 0 Å². The van der Waals surface area contributed by atoms with Crippen LogP contribution < -0.4 is 5.73 Å². The molecule has 0 fully saturated rings. The normalized spacial score (nSPS) is 11.4. The highest BCUT2D eigenvalue weighted by Gasteiger charge is 2.24. The average Bonchev–Trinajstić information content (AvgIpc) is 2.72. The largest absolute Gasteiger partial charge is 0.330 e. The van der Waals surface area contributed by atoms with Crippen LogP contribution in [0.5, 0.6) is 0 Å². The molecule has 0 saturated heterocycles. The van der Waals surface area contributed by atoms with E-state index in [1.54, 1.807) is 0 Å². The lowest BCUT2D eigenvalue weighted by molar-refractivity contribution is 0.368. The van der Waals surface area contributed by atoms with Crippen molar-refractivity contribution in [2.45, 2.75) is 103 Å². The van der Waals surface area contributed by atoms with Crippen molar-refractivity contribution in [2.24, 2.45) is 5.73 Å². The molecule has 0 aliphatic heterocycles. The van der Waals surface area contributed by atoms with Crippen molar-refractivity contribution in [2.75, 3.05) is 6.54 Å². The van der Waals surface area contributed by atoms with Gasteiger partial charge in [-0.2, -0.15) is 0 Å². The fourth-order valence-corrected chi connectivity index (χ4v) is 3.61. The van der Waals surface area contributed by atoms with E-state index in [2.05, 4.69) is 0 Å². The van der Waals surface area contributed by atoms with Gasteiger partial charge in [-0.15, -0.1) is 0 Å². The Morgan fingerprint density at radius 1 is 0.379 bits per heavy atom. The summed E-state index contributed by atoms with van der Waals surface area (Å²) < 4.78 is 66.4. The fourth-order valence-electron chi connectivity index (χ4n) is 3.61. The van der Waals surface area contributed by atoms with Crippen molar-refractivity contribution in [1.29, 1.82) is 0 Å². The third kappa shape index (κ3) is 9.92. The molecule has 1 aromatic rings. The molecule has 1 rings (SSSR count). The molecule has 0 spiro atoms. The molecule has 0 saturated carbocycles. The zero-order valence-electron chi connectivity index (χ0n) is 17.5. The summed E-state index contributed by atoms with van der Waals surface area (Å²) in [6.45, 7) is 0.797. The lowest BCUT2D eigenvalue weighted by atomic mass is 10.0.